The Kier molecular flexibility index (Phi) is 3.66. The summed E-state index contributed by atoms with van der Waals surface area (Å²) in [4.78, 5) is 2.66. The fourth-order valence-corrected chi connectivity index (χ4v) is 3.63. The topological polar surface area (TPSA) is 33.7 Å². The Morgan fingerprint density at radius 1 is 1.29 bits per heavy atom. The summed E-state index contributed by atoms with van der Waals surface area (Å²) in [6.07, 6.45) is 4.43. The molecule has 3 rings (SSSR count). The summed E-state index contributed by atoms with van der Waals surface area (Å²) >= 11 is 0. The molecule has 0 spiro atoms. The molecule has 0 aromatic carbocycles. The number of ether oxygens (including phenoxy) is 2. The van der Waals surface area contributed by atoms with E-state index in [0.29, 0.717) is 24.1 Å². The zero-order valence-electron chi connectivity index (χ0n) is 10.7. The summed E-state index contributed by atoms with van der Waals surface area (Å²) in [7, 11) is 2.05. The van der Waals surface area contributed by atoms with Crippen LogP contribution in [-0.2, 0) is 9.47 Å². The average molecular weight is 240 g/mol. The van der Waals surface area contributed by atoms with Crippen molar-refractivity contribution in [2.24, 2.45) is 5.92 Å². The van der Waals surface area contributed by atoms with Gasteiger partial charge in [-0.2, -0.15) is 0 Å². The molecule has 1 N–H and O–H groups in total. The van der Waals surface area contributed by atoms with Gasteiger partial charge in [0.1, 0.15) is 0 Å². The highest BCUT2D eigenvalue weighted by Crippen LogP contribution is 2.30. The standard InChI is InChI=1S/C13H24N2O2/c1-14-11-9-16-8-10(11)7-15-5-6-17-13-4-2-3-12(13)15/h10-14H,2-9H2,1H3. The Balaban J connectivity index is 1.60. The van der Waals surface area contributed by atoms with Crippen LogP contribution in [0.5, 0.6) is 0 Å². The van der Waals surface area contributed by atoms with Crippen LogP contribution in [-0.4, -0.2) is 63.0 Å². The van der Waals surface area contributed by atoms with E-state index in [1.54, 1.807) is 0 Å². The highest BCUT2D eigenvalue weighted by atomic mass is 16.5. The lowest BCUT2D eigenvalue weighted by Crippen LogP contribution is -2.52. The second-order valence-corrected chi connectivity index (χ2v) is 5.60. The van der Waals surface area contributed by atoms with Crippen molar-refractivity contribution in [1.82, 2.24) is 10.2 Å². The van der Waals surface area contributed by atoms with Crippen LogP contribution in [0.1, 0.15) is 19.3 Å². The molecule has 4 heteroatoms. The van der Waals surface area contributed by atoms with Gasteiger partial charge in [-0.1, -0.05) is 0 Å². The minimum absolute atomic E-state index is 0.513. The highest BCUT2D eigenvalue weighted by molar-refractivity contribution is 4.92. The summed E-state index contributed by atoms with van der Waals surface area (Å²) < 4.78 is 11.5. The van der Waals surface area contributed by atoms with Gasteiger partial charge in [0, 0.05) is 31.1 Å². The average Bonchev–Trinajstić information content (AvgIpc) is 2.97. The molecule has 0 aromatic rings. The van der Waals surface area contributed by atoms with Gasteiger partial charge in [-0.25, -0.2) is 0 Å². The van der Waals surface area contributed by atoms with Gasteiger partial charge in [-0.3, -0.25) is 4.90 Å². The largest absolute Gasteiger partial charge is 0.379 e. The van der Waals surface area contributed by atoms with Gasteiger partial charge < -0.3 is 14.8 Å². The molecule has 2 aliphatic heterocycles. The predicted molar refractivity (Wildman–Crippen MR) is 66.1 cm³/mol. The number of nitrogens with one attached hydrogen (secondary N) is 1. The SMILES string of the molecule is CNC1COCC1CN1CCOC2CCCC21. The molecule has 3 aliphatic rings. The molecule has 0 radical (unpaired) electrons. The van der Waals surface area contributed by atoms with Gasteiger partial charge in [0.25, 0.3) is 0 Å². The zero-order chi connectivity index (χ0) is 11.7. The first-order valence-corrected chi connectivity index (χ1v) is 6.99. The lowest BCUT2D eigenvalue weighted by Gasteiger charge is -2.39. The third-order valence-electron chi connectivity index (χ3n) is 4.64. The van der Waals surface area contributed by atoms with E-state index in [9.17, 15) is 0 Å². The van der Waals surface area contributed by atoms with Crippen molar-refractivity contribution in [3.8, 4) is 0 Å². The van der Waals surface area contributed by atoms with Crippen LogP contribution in [0.4, 0.5) is 0 Å². The number of likely N-dealkylation sites (N-methyl/N-ethyl adjacent to an activating group) is 1. The number of hydrogen-bond donors (Lipinski definition) is 1. The fourth-order valence-electron chi connectivity index (χ4n) is 3.63. The van der Waals surface area contributed by atoms with E-state index < -0.39 is 0 Å². The number of hydrogen-bond acceptors (Lipinski definition) is 4. The minimum atomic E-state index is 0.513. The van der Waals surface area contributed by atoms with Crippen molar-refractivity contribution >= 4 is 0 Å². The Bertz CT molecular complexity index is 262. The summed E-state index contributed by atoms with van der Waals surface area (Å²) in [6, 6.07) is 1.22. The van der Waals surface area contributed by atoms with Crippen molar-refractivity contribution in [3.63, 3.8) is 0 Å². The second-order valence-electron chi connectivity index (χ2n) is 5.60. The van der Waals surface area contributed by atoms with Gasteiger partial charge in [0.2, 0.25) is 0 Å². The maximum atomic E-state index is 5.86. The van der Waals surface area contributed by atoms with Crippen molar-refractivity contribution in [3.05, 3.63) is 0 Å². The van der Waals surface area contributed by atoms with Crippen LogP contribution in [0.3, 0.4) is 0 Å². The molecule has 4 atom stereocenters. The molecule has 1 saturated carbocycles. The molecule has 1 aliphatic carbocycles. The summed E-state index contributed by atoms with van der Waals surface area (Å²) in [5.41, 5.74) is 0. The van der Waals surface area contributed by atoms with E-state index in [4.69, 9.17) is 9.47 Å². The van der Waals surface area contributed by atoms with Gasteiger partial charge in [-0.15, -0.1) is 0 Å². The molecule has 0 bridgehead atoms. The Morgan fingerprint density at radius 3 is 3.12 bits per heavy atom. The van der Waals surface area contributed by atoms with Gasteiger partial charge in [0.05, 0.1) is 25.9 Å². The molecule has 4 unspecified atom stereocenters. The lowest BCUT2D eigenvalue weighted by molar-refractivity contribution is -0.0610. The zero-order valence-corrected chi connectivity index (χ0v) is 10.7. The third-order valence-corrected chi connectivity index (χ3v) is 4.64. The van der Waals surface area contributed by atoms with Crippen LogP contribution in [0.25, 0.3) is 0 Å². The molecule has 0 aromatic heterocycles. The maximum absolute atomic E-state index is 5.86. The van der Waals surface area contributed by atoms with Crippen molar-refractivity contribution in [2.45, 2.75) is 37.5 Å². The van der Waals surface area contributed by atoms with Crippen LogP contribution >= 0.6 is 0 Å². The molecule has 4 nitrogen and oxygen atoms in total. The minimum Gasteiger partial charge on any atom is -0.379 e. The first-order chi connectivity index (χ1) is 8.38. The van der Waals surface area contributed by atoms with Crippen LogP contribution in [0, 0.1) is 5.92 Å². The fraction of sp³-hybridized carbons (Fsp3) is 1.00. The van der Waals surface area contributed by atoms with E-state index in [1.807, 2.05) is 7.05 Å². The highest BCUT2D eigenvalue weighted by Gasteiger charge is 2.38. The Hall–Kier alpha value is -0.160. The molecule has 2 saturated heterocycles. The van der Waals surface area contributed by atoms with Gasteiger partial charge in [-0.05, 0) is 26.3 Å². The van der Waals surface area contributed by atoms with E-state index >= 15 is 0 Å². The number of morpholine rings is 1. The first-order valence-electron chi connectivity index (χ1n) is 6.99. The van der Waals surface area contributed by atoms with Crippen LogP contribution in [0.2, 0.25) is 0 Å². The molecule has 0 amide bonds. The number of fused-ring (bicyclic) bond motifs is 1. The van der Waals surface area contributed by atoms with Crippen molar-refractivity contribution in [1.29, 1.82) is 0 Å². The molecule has 98 valence electrons. The quantitative estimate of drug-likeness (QED) is 0.778. The van der Waals surface area contributed by atoms with Crippen LogP contribution < -0.4 is 5.32 Å². The second kappa shape index (κ2) is 5.22. The summed E-state index contributed by atoms with van der Waals surface area (Å²) in [6.45, 7) is 4.99. The molecule has 2 heterocycles. The molecule has 17 heavy (non-hydrogen) atoms. The normalized spacial score (nSPS) is 42.9. The van der Waals surface area contributed by atoms with E-state index in [-0.39, 0.29) is 0 Å². The number of nitrogens with zero attached hydrogens (tertiary/aromatic N) is 1. The summed E-state index contributed by atoms with van der Waals surface area (Å²) in [5, 5.41) is 3.38. The maximum Gasteiger partial charge on any atom is 0.0730 e. The Labute approximate surface area is 104 Å². The third kappa shape index (κ3) is 2.36. The first kappa shape index (κ1) is 11.9. The van der Waals surface area contributed by atoms with E-state index in [2.05, 4.69) is 10.2 Å². The van der Waals surface area contributed by atoms with E-state index in [1.165, 1.54) is 25.8 Å². The van der Waals surface area contributed by atoms with Gasteiger partial charge >= 0.3 is 0 Å². The molecular formula is C13H24N2O2. The van der Waals surface area contributed by atoms with E-state index in [0.717, 1.165) is 26.4 Å². The molecular weight excluding hydrogens is 216 g/mol. The monoisotopic (exact) mass is 240 g/mol. The van der Waals surface area contributed by atoms with Crippen molar-refractivity contribution in [2.75, 3.05) is 40.0 Å². The van der Waals surface area contributed by atoms with Crippen molar-refractivity contribution < 1.29 is 9.47 Å². The van der Waals surface area contributed by atoms with Crippen LogP contribution in [0.15, 0.2) is 0 Å². The number of rotatable bonds is 3. The molecule has 3 fully saturated rings. The Morgan fingerprint density at radius 2 is 2.24 bits per heavy atom. The van der Waals surface area contributed by atoms with Gasteiger partial charge in [0.15, 0.2) is 0 Å². The lowest BCUT2D eigenvalue weighted by atomic mass is 10.0. The summed E-state index contributed by atoms with van der Waals surface area (Å²) in [5.74, 6) is 0.652. The smallest absolute Gasteiger partial charge is 0.0730 e. The predicted octanol–water partition coefficient (Wildman–Crippen LogP) is 0.474.